The summed E-state index contributed by atoms with van der Waals surface area (Å²) in [6.07, 6.45) is 1.29. The summed E-state index contributed by atoms with van der Waals surface area (Å²) in [6, 6.07) is 12.9. The van der Waals surface area contributed by atoms with Crippen LogP contribution in [0.25, 0.3) is 0 Å². The fraction of sp³-hybridized carbons (Fsp3) is 0.435. The summed E-state index contributed by atoms with van der Waals surface area (Å²) in [5, 5.41) is 2.97. The van der Waals surface area contributed by atoms with E-state index in [-0.39, 0.29) is 12.5 Å². The van der Waals surface area contributed by atoms with Gasteiger partial charge in [-0.2, -0.15) is 4.31 Å². The minimum Gasteiger partial charge on any atom is -0.497 e. The number of benzene rings is 2. The van der Waals surface area contributed by atoms with Crippen molar-refractivity contribution >= 4 is 15.9 Å². The van der Waals surface area contributed by atoms with Crippen LogP contribution in [0.5, 0.6) is 5.75 Å². The van der Waals surface area contributed by atoms with Gasteiger partial charge in [0.1, 0.15) is 5.75 Å². The largest absolute Gasteiger partial charge is 0.497 e. The highest BCUT2D eigenvalue weighted by atomic mass is 32.2. The maximum Gasteiger partial charge on any atom is 0.243 e. The molecule has 0 aliphatic carbocycles. The fourth-order valence-corrected chi connectivity index (χ4v) is 5.78. The number of methoxy groups -OCH3 is 1. The Kier molecular flexibility index (Phi) is 6.53. The highest BCUT2D eigenvalue weighted by molar-refractivity contribution is 7.89. The number of carbonyl (C=O) groups excluding carboxylic acids is 1. The van der Waals surface area contributed by atoms with Crippen LogP contribution in [0.1, 0.15) is 36.5 Å². The molecule has 0 radical (unpaired) electrons. The van der Waals surface area contributed by atoms with Gasteiger partial charge in [0.25, 0.3) is 0 Å². The lowest BCUT2D eigenvalue weighted by Gasteiger charge is -2.38. The number of nitrogens with zero attached hydrogens (tertiary/aromatic N) is 1. The first-order chi connectivity index (χ1) is 14.1. The van der Waals surface area contributed by atoms with Crippen molar-refractivity contribution in [2.24, 2.45) is 5.41 Å². The molecular formula is C23H30N2O4S. The Morgan fingerprint density at radius 1 is 1.17 bits per heavy atom. The topological polar surface area (TPSA) is 75.7 Å². The number of sulfonamides is 1. The molecule has 30 heavy (non-hydrogen) atoms. The lowest BCUT2D eigenvalue weighted by molar-refractivity contribution is -0.132. The molecule has 1 aliphatic rings. The highest BCUT2D eigenvalue weighted by Gasteiger charge is 2.41. The van der Waals surface area contributed by atoms with Crippen LogP contribution in [0, 0.1) is 19.3 Å². The second-order valence-electron chi connectivity index (χ2n) is 8.36. The van der Waals surface area contributed by atoms with E-state index >= 15 is 0 Å². The Morgan fingerprint density at radius 2 is 1.87 bits per heavy atom. The van der Waals surface area contributed by atoms with Crippen molar-refractivity contribution in [2.45, 2.75) is 45.1 Å². The first-order valence-corrected chi connectivity index (χ1v) is 11.6. The molecule has 1 saturated heterocycles. The normalized spacial score (nSPS) is 20.0. The predicted molar refractivity (Wildman–Crippen MR) is 117 cm³/mol. The fourth-order valence-electron chi connectivity index (χ4n) is 3.99. The molecule has 1 N–H and O–H groups in total. The number of carbonyl (C=O) groups is 1. The van der Waals surface area contributed by atoms with Crippen LogP contribution in [0.15, 0.2) is 47.4 Å². The van der Waals surface area contributed by atoms with Gasteiger partial charge in [0, 0.05) is 19.6 Å². The average Bonchev–Trinajstić information content (AvgIpc) is 2.71. The smallest absolute Gasteiger partial charge is 0.243 e. The minimum absolute atomic E-state index is 0.134. The van der Waals surface area contributed by atoms with Crippen LogP contribution < -0.4 is 10.1 Å². The summed E-state index contributed by atoms with van der Waals surface area (Å²) >= 11 is 0. The van der Waals surface area contributed by atoms with Crippen LogP contribution in [0.2, 0.25) is 0 Å². The maximum absolute atomic E-state index is 13.2. The molecule has 1 heterocycles. The van der Waals surface area contributed by atoms with Gasteiger partial charge in [0.15, 0.2) is 0 Å². The van der Waals surface area contributed by atoms with Gasteiger partial charge in [-0.25, -0.2) is 8.42 Å². The van der Waals surface area contributed by atoms with E-state index in [0.29, 0.717) is 30.8 Å². The lowest BCUT2D eigenvalue weighted by Crippen LogP contribution is -2.51. The minimum atomic E-state index is -3.65. The van der Waals surface area contributed by atoms with Gasteiger partial charge in [0.05, 0.1) is 17.4 Å². The van der Waals surface area contributed by atoms with Crippen molar-refractivity contribution in [3.8, 4) is 5.75 Å². The molecule has 1 atom stereocenters. The SMILES string of the molecule is COc1cccc(CNC(=O)C2(C)CCCN(S(=O)(=O)c3cc(C)cc(C)c3)C2)c1. The van der Waals surface area contributed by atoms with E-state index in [1.165, 1.54) is 4.31 Å². The van der Waals surface area contributed by atoms with Crippen molar-refractivity contribution in [2.75, 3.05) is 20.2 Å². The summed E-state index contributed by atoms with van der Waals surface area (Å²) in [5.41, 5.74) is 1.97. The van der Waals surface area contributed by atoms with Crippen molar-refractivity contribution in [1.82, 2.24) is 9.62 Å². The molecule has 0 bridgehead atoms. The number of nitrogens with one attached hydrogen (secondary N) is 1. The molecule has 162 valence electrons. The van der Waals surface area contributed by atoms with Gasteiger partial charge in [-0.1, -0.05) is 18.2 Å². The number of amides is 1. The zero-order valence-electron chi connectivity index (χ0n) is 18.1. The average molecular weight is 431 g/mol. The third kappa shape index (κ3) is 4.84. The van der Waals surface area contributed by atoms with Crippen molar-refractivity contribution in [1.29, 1.82) is 0 Å². The molecule has 2 aromatic rings. The van der Waals surface area contributed by atoms with E-state index in [9.17, 15) is 13.2 Å². The highest BCUT2D eigenvalue weighted by Crippen LogP contribution is 2.33. The lowest BCUT2D eigenvalue weighted by atomic mass is 9.82. The third-order valence-corrected chi connectivity index (χ3v) is 7.45. The molecule has 2 aromatic carbocycles. The third-order valence-electron chi connectivity index (χ3n) is 5.63. The molecule has 1 unspecified atom stereocenters. The number of ether oxygens (including phenoxy) is 1. The molecule has 0 aromatic heterocycles. The van der Waals surface area contributed by atoms with Crippen LogP contribution in [-0.2, 0) is 21.4 Å². The first kappa shape index (κ1) is 22.3. The second kappa shape index (κ2) is 8.78. The van der Waals surface area contributed by atoms with Gasteiger partial charge < -0.3 is 10.1 Å². The van der Waals surface area contributed by atoms with Crippen molar-refractivity contribution in [3.63, 3.8) is 0 Å². The first-order valence-electron chi connectivity index (χ1n) is 10.1. The van der Waals surface area contributed by atoms with E-state index in [1.54, 1.807) is 19.2 Å². The summed E-state index contributed by atoms with van der Waals surface area (Å²) in [7, 11) is -2.05. The van der Waals surface area contributed by atoms with Crippen molar-refractivity contribution < 1.29 is 17.9 Å². The maximum atomic E-state index is 13.2. The Balaban J connectivity index is 1.73. The summed E-state index contributed by atoms with van der Waals surface area (Å²) < 4.78 is 33.1. The Hall–Kier alpha value is -2.38. The van der Waals surface area contributed by atoms with Gasteiger partial charge in [-0.3, -0.25) is 4.79 Å². The number of piperidine rings is 1. The molecule has 1 fully saturated rings. The summed E-state index contributed by atoms with van der Waals surface area (Å²) in [5.74, 6) is 0.599. The van der Waals surface area contributed by atoms with Gasteiger partial charge >= 0.3 is 0 Å². The van der Waals surface area contributed by atoms with Crippen LogP contribution >= 0.6 is 0 Å². The quantitative estimate of drug-likeness (QED) is 0.762. The molecule has 0 spiro atoms. The van der Waals surface area contributed by atoms with E-state index < -0.39 is 15.4 Å². The van der Waals surface area contributed by atoms with E-state index in [2.05, 4.69) is 5.32 Å². The second-order valence-corrected chi connectivity index (χ2v) is 10.3. The molecule has 1 aliphatic heterocycles. The zero-order valence-corrected chi connectivity index (χ0v) is 18.9. The number of hydrogen-bond donors (Lipinski definition) is 1. The van der Waals surface area contributed by atoms with E-state index in [4.69, 9.17) is 4.74 Å². The Morgan fingerprint density at radius 3 is 2.53 bits per heavy atom. The summed E-state index contributed by atoms with van der Waals surface area (Å²) in [4.78, 5) is 13.3. The predicted octanol–water partition coefficient (Wildman–Crippen LogP) is 3.42. The van der Waals surface area contributed by atoms with Crippen LogP contribution in [0.3, 0.4) is 0 Å². The van der Waals surface area contributed by atoms with E-state index in [0.717, 1.165) is 22.4 Å². The molecule has 3 rings (SSSR count). The zero-order chi connectivity index (χ0) is 21.9. The molecule has 6 nitrogen and oxygen atoms in total. The van der Waals surface area contributed by atoms with Crippen LogP contribution in [-0.4, -0.2) is 38.8 Å². The molecular weight excluding hydrogens is 400 g/mol. The molecule has 0 saturated carbocycles. The van der Waals surface area contributed by atoms with Gasteiger partial charge in [-0.15, -0.1) is 0 Å². The number of aryl methyl sites for hydroxylation is 2. The number of rotatable bonds is 6. The molecule has 1 amide bonds. The van der Waals surface area contributed by atoms with E-state index in [1.807, 2.05) is 51.1 Å². The Bertz CT molecular complexity index is 1010. The van der Waals surface area contributed by atoms with Gasteiger partial charge in [-0.05, 0) is 74.6 Å². The summed E-state index contributed by atoms with van der Waals surface area (Å²) in [6.45, 7) is 6.59. The van der Waals surface area contributed by atoms with Gasteiger partial charge in [0.2, 0.25) is 15.9 Å². The Labute approximate surface area is 179 Å². The molecule has 7 heteroatoms. The van der Waals surface area contributed by atoms with Crippen LogP contribution in [0.4, 0.5) is 0 Å². The van der Waals surface area contributed by atoms with Crippen molar-refractivity contribution in [3.05, 3.63) is 59.2 Å². The monoisotopic (exact) mass is 430 g/mol. The standard InChI is InChI=1S/C23H30N2O4S/c1-17-11-18(2)13-21(12-17)30(27,28)25-10-6-9-23(3,16-25)22(26)24-15-19-7-5-8-20(14-19)29-4/h5,7-8,11-14H,6,9-10,15-16H2,1-4H3,(H,24,26). The number of hydrogen-bond acceptors (Lipinski definition) is 4.